The summed E-state index contributed by atoms with van der Waals surface area (Å²) in [6.07, 6.45) is 1.41. The molecule has 1 aromatic heterocycles. The van der Waals surface area contributed by atoms with Crippen molar-refractivity contribution in [2.24, 2.45) is 0 Å². The predicted octanol–water partition coefficient (Wildman–Crippen LogP) is 0.611. The second kappa shape index (κ2) is 4.21. The number of aryl methyl sites for hydroxylation is 1. The van der Waals surface area contributed by atoms with Crippen molar-refractivity contribution in [1.82, 2.24) is 9.97 Å². The molecule has 1 N–H and O–H groups in total. The Balaban J connectivity index is 2.72. The lowest BCUT2D eigenvalue weighted by molar-refractivity contribution is -0.135. The summed E-state index contributed by atoms with van der Waals surface area (Å²) in [5.74, 6) is 4.44. The first-order valence-electron chi connectivity index (χ1n) is 3.69. The molecule has 0 unspecified atom stereocenters. The number of aromatic nitrogens is 2. The molecule has 0 aliphatic heterocycles. The summed E-state index contributed by atoms with van der Waals surface area (Å²) in [6.45, 7) is 1.82. The van der Waals surface area contributed by atoms with Gasteiger partial charge < -0.3 is 5.11 Å². The fourth-order valence-corrected chi connectivity index (χ4v) is 0.708. The topological polar surface area (TPSA) is 63.1 Å². The lowest BCUT2D eigenvalue weighted by Gasteiger charge is -1.89. The highest BCUT2D eigenvalue weighted by Crippen LogP contribution is 1.90. The van der Waals surface area contributed by atoms with E-state index in [1.54, 1.807) is 12.3 Å². The van der Waals surface area contributed by atoms with E-state index < -0.39 is 5.97 Å². The van der Waals surface area contributed by atoms with Gasteiger partial charge in [0, 0.05) is 11.9 Å². The maximum absolute atomic E-state index is 10.1. The fraction of sp³-hybridized carbons (Fsp3) is 0.222. The zero-order valence-electron chi connectivity index (χ0n) is 7.11. The molecule has 0 aromatic carbocycles. The molecule has 1 aromatic rings. The van der Waals surface area contributed by atoms with Crippen LogP contribution in [0.25, 0.3) is 0 Å². The minimum atomic E-state index is -0.944. The zero-order valence-corrected chi connectivity index (χ0v) is 7.11. The molecule has 0 saturated carbocycles. The Morgan fingerprint density at radius 1 is 1.69 bits per heavy atom. The first-order valence-corrected chi connectivity index (χ1v) is 3.69. The quantitative estimate of drug-likeness (QED) is 0.637. The third-order valence-electron chi connectivity index (χ3n) is 1.23. The van der Waals surface area contributed by atoms with Crippen LogP contribution in [-0.4, -0.2) is 21.0 Å². The number of hydrogen-bond donors (Lipinski definition) is 1. The van der Waals surface area contributed by atoms with Gasteiger partial charge in [0.15, 0.2) is 0 Å². The van der Waals surface area contributed by atoms with E-state index in [2.05, 4.69) is 21.8 Å². The normalized spacial score (nSPS) is 8.69. The Bertz CT molecular complexity index is 377. The molecule has 0 bridgehead atoms. The standard InChI is InChI=1S/C9H8N2O2/c1-7-5-6-10-8(11-7)3-2-4-9(12)13/h5-6H,4H2,1H3,(H,12,13). The van der Waals surface area contributed by atoms with Crippen LogP contribution in [0, 0.1) is 18.8 Å². The maximum Gasteiger partial charge on any atom is 0.315 e. The molecule has 0 aliphatic rings. The summed E-state index contributed by atoms with van der Waals surface area (Å²) < 4.78 is 0. The van der Waals surface area contributed by atoms with E-state index in [4.69, 9.17) is 5.11 Å². The van der Waals surface area contributed by atoms with Crippen LogP contribution >= 0.6 is 0 Å². The average Bonchev–Trinajstić information content (AvgIpc) is 2.03. The van der Waals surface area contributed by atoms with Crippen LogP contribution < -0.4 is 0 Å². The molecule has 66 valence electrons. The number of rotatable bonds is 1. The highest BCUT2D eigenvalue weighted by Gasteiger charge is 1.91. The van der Waals surface area contributed by atoms with Crippen LogP contribution in [0.1, 0.15) is 17.9 Å². The molecule has 0 atom stereocenters. The molecule has 0 radical (unpaired) electrons. The van der Waals surface area contributed by atoms with E-state index in [-0.39, 0.29) is 6.42 Å². The first kappa shape index (κ1) is 9.20. The number of aliphatic carboxylic acids is 1. The lowest BCUT2D eigenvalue weighted by atomic mass is 10.4. The minimum absolute atomic E-state index is 0.183. The first-order chi connectivity index (χ1) is 6.18. The van der Waals surface area contributed by atoms with Crippen molar-refractivity contribution in [2.75, 3.05) is 0 Å². The highest BCUT2D eigenvalue weighted by molar-refractivity contribution is 5.70. The van der Waals surface area contributed by atoms with Crippen molar-refractivity contribution < 1.29 is 9.90 Å². The maximum atomic E-state index is 10.1. The molecule has 0 spiro atoms. The van der Waals surface area contributed by atoms with E-state index in [0.29, 0.717) is 5.82 Å². The Hall–Kier alpha value is -1.89. The van der Waals surface area contributed by atoms with Gasteiger partial charge in [0.2, 0.25) is 5.82 Å². The van der Waals surface area contributed by atoms with E-state index in [1.807, 2.05) is 6.92 Å². The minimum Gasteiger partial charge on any atom is -0.481 e. The van der Waals surface area contributed by atoms with E-state index >= 15 is 0 Å². The average molecular weight is 176 g/mol. The molecule has 0 amide bonds. The summed E-state index contributed by atoms with van der Waals surface area (Å²) in [5.41, 5.74) is 0.814. The van der Waals surface area contributed by atoms with Crippen molar-refractivity contribution in [3.8, 4) is 11.8 Å². The molecule has 0 aliphatic carbocycles. The smallest absolute Gasteiger partial charge is 0.315 e. The van der Waals surface area contributed by atoms with Gasteiger partial charge in [0.05, 0.1) is 0 Å². The lowest BCUT2D eigenvalue weighted by Crippen LogP contribution is -1.92. The van der Waals surface area contributed by atoms with Crippen LogP contribution in [0.3, 0.4) is 0 Å². The molecule has 4 nitrogen and oxygen atoms in total. The van der Waals surface area contributed by atoms with Gasteiger partial charge in [0.25, 0.3) is 0 Å². The van der Waals surface area contributed by atoms with E-state index in [0.717, 1.165) is 5.69 Å². The van der Waals surface area contributed by atoms with Gasteiger partial charge in [-0.25, -0.2) is 9.97 Å². The molecular weight excluding hydrogens is 168 g/mol. The van der Waals surface area contributed by atoms with Crippen molar-refractivity contribution in [3.63, 3.8) is 0 Å². The number of carboxylic acid groups (broad SMARTS) is 1. The van der Waals surface area contributed by atoms with Crippen molar-refractivity contribution in [2.45, 2.75) is 13.3 Å². The van der Waals surface area contributed by atoms with Gasteiger partial charge in [-0.1, -0.05) is 5.92 Å². The highest BCUT2D eigenvalue weighted by atomic mass is 16.4. The van der Waals surface area contributed by atoms with Gasteiger partial charge in [0.1, 0.15) is 6.42 Å². The Morgan fingerprint density at radius 2 is 2.46 bits per heavy atom. The van der Waals surface area contributed by atoms with Crippen LogP contribution in [0.4, 0.5) is 0 Å². The predicted molar refractivity (Wildman–Crippen MR) is 45.9 cm³/mol. The van der Waals surface area contributed by atoms with Crippen LogP contribution in [0.2, 0.25) is 0 Å². The molecular formula is C9H8N2O2. The van der Waals surface area contributed by atoms with Crippen molar-refractivity contribution >= 4 is 5.97 Å². The number of carboxylic acids is 1. The summed E-state index contributed by atoms with van der Waals surface area (Å²) in [5, 5.41) is 8.30. The number of nitrogens with zero attached hydrogens (tertiary/aromatic N) is 2. The largest absolute Gasteiger partial charge is 0.481 e. The molecule has 4 heteroatoms. The van der Waals surface area contributed by atoms with E-state index in [9.17, 15) is 4.79 Å². The SMILES string of the molecule is Cc1ccnc(C#CCC(=O)O)n1. The zero-order chi connectivity index (χ0) is 9.68. The number of hydrogen-bond acceptors (Lipinski definition) is 3. The van der Waals surface area contributed by atoms with Crippen molar-refractivity contribution in [3.05, 3.63) is 23.8 Å². The summed E-state index contributed by atoms with van der Waals surface area (Å²) >= 11 is 0. The molecule has 13 heavy (non-hydrogen) atoms. The molecule has 1 rings (SSSR count). The Morgan fingerprint density at radius 3 is 3.08 bits per heavy atom. The van der Waals surface area contributed by atoms with Gasteiger partial charge >= 0.3 is 5.97 Å². The van der Waals surface area contributed by atoms with Gasteiger partial charge in [-0.05, 0) is 18.9 Å². The van der Waals surface area contributed by atoms with Gasteiger partial charge in [-0.3, -0.25) is 4.79 Å². The molecule has 0 fully saturated rings. The Labute approximate surface area is 75.7 Å². The van der Waals surface area contributed by atoms with Gasteiger partial charge in [-0.2, -0.15) is 0 Å². The third kappa shape index (κ3) is 3.34. The Kier molecular flexibility index (Phi) is 2.98. The second-order valence-electron chi connectivity index (χ2n) is 2.39. The third-order valence-corrected chi connectivity index (χ3v) is 1.23. The van der Waals surface area contributed by atoms with Crippen molar-refractivity contribution in [1.29, 1.82) is 0 Å². The van der Waals surface area contributed by atoms with E-state index in [1.165, 1.54) is 0 Å². The number of carbonyl (C=O) groups is 1. The summed E-state index contributed by atoms with van der Waals surface area (Å²) in [7, 11) is 0. The fourth-order valence-electron chi connectivity index (χ4n) is 0.708. The summed E-state index contributed by atoms with van der Waals surface area (Å²) in [6, 6.07) is 1.75. The van der Waals surface area contributed by atoms with Crippen LogP contribution in [-0.2, 0) is 4.79 Å². The summed E-state index contributed by atoms with van der Waals surface area (Å²) in [4.78, 5) is 18.0. The molecule has 0 saturated heterocycles. The van der Waals surface area contributed by atoms with Crippen LogP contribution in [0.15, 0.2) is 12.3 Å². The van der Waals surface area contributed by atoms with Crippen LogP contribution in [0.5, 0.6) is 0 Å². The second-order valence-corrected chi connectivity index (χ2v) is 2.39. The monoisotopic (exact) mass is 176 g/mol. The van der Waals surface area contributed by atoms with Gasteiger partial charge in [-0.15, -0.1) is 0 Å². The molecule has 1 heterocycles.